The minimum Gasteiger partial charge on any atom is -0.457 e. The first-order valence-electron chi connectivity index (χ1n) is 7.30. The number of carbonyl (C=O) groups is 2. The van der Waals surface area contributed by atoms with Gasteiger partial charge in [-0.2, -0.15) is 0 Å². The molecule has 0 bridgehead atoms. The van der Waals surface area contributed by atoms with Gasteiger partial charge in [0.2, 0.25) is 0 Å². The zero-order valence-electron chi connectivity index (χ0n) is 12.2. The molecule has 2 unspecified atom stereocenters. The second-order valence-electron chi connectivity index (χ2n) is 6.93. The Morgan fingerprint density at radius 1 is 1.26 bits per heavy atom. The molecule has 0 amide bonds. The average molecular weight is 262 g/mol. The van der Waals surface area contributed by atoms with Crippen LogP contribution < -0.4 is 0 Å². The lowest BCUT2D eigenvalue weighted by Crippen LogP contribution is -2.45. The normalized spacial score (nSPS) is 45.9. The molecule has 5 atom stereocenters. The summed E-state index contributed by atoms with van der Waals surface area (Å²) in [5.41, 5.74) is 2.03. The predicted octanol–water partition coefficient (Wildman–Crippen LogP) is 2.89. The molecular weight excluding hydrogens is 240 g/mol. The van der Waals surface area contributed by atoms with Crippen LogP contribution in [0.1, 0.15) is 47.0 Å². The number of allylic oxidation sites excluding steroid dienone is 1. The molecule has 104 valence electrons. The molecule has 0 N–H and O–H groups in total. The highest BCUT2D eigenvalue weighted by Crippen LogP contribution is 2.56. The fraction of sp³-hybridized carbons (Fsp3) is 0.750. The standard InChI is InChI=1S/C16H22O3/c1-8-7-16(4)6-5-11(17)9(2)13(16)14-12(8)10(3)15(18)19-14/h8,10,12,14H,5-7H2,1-4H3/t8-,10+,12?,14?,16-/m1/s1. The van der Waals surface area contributed by atoms with Crippen LogP contribution in [0.25, 0.3) is 0 Å². The summed E-state index contributed by atoms with van der Waals surface area (Å²) in [7, 11) is 0. The molecule has 3 nitrogen and oxygen atoms in total. The molecular formula is C16H22O3. The van der Waals surface area contributed by atoms with E-state index in [4.69, 9.17) is 4.74 Å². The lowest BCUT2D eigenvalue weighted by atomic mass is 9.56. The summed E-state index contributed by atoms with van der Waals surface area (Å²) in [5, 5.41) is 0. The molecule has 3 heteroatoms. The summed E-state index contributed by atoms with van der Waals surface area (Å²) in [6, 6.07) is 0. The average Bonchev–Trinajstić information content (AvgIpc) is 2.61. The molecule has 2 fully saturated rings. The molecule has 2 aliphatic carbocycles. The molecule has 3 aliphatic rings. The van der Waals surface area contributed by atoms with Crippen LogP contribution >= 0.6 is 0 Å². The van der Waals surface area contributed by atoms with Crippen molar-refractivity contribution >= 4 is 11.8 Å². The number of hydrogen-bond donors (Lipinski definition) is 0. The van der Waals surface area contributed by atoms with Gasteiger partial charge in [-0.1, -0.05) is 20.8 Å². The Hall–Kier alpha value is -1.12. The number of Topliss-reactive ketones (excluding diaryl/α,β-unsaturated/α-hetero) is 1. The van der Waals surface area contributed by atoms with Gasteiger partial charge in [-0.05, 0) is 42.2 Å². The van der Waals surface area contributed by atoms with Crippen molar-refractivity contribution in [2.75, 3.05) is 0 Å². The van der Waals surface area contributed by atoms with E-state index in [1.807, 2.05) is 13.8 Å². The van der Waals surface area contributed by atoms with Crippen molar-refractivity contribution < 1.29 is 14.3 Å². The van der Waals surface area contributed by atoms with Gasteiger partial charge in [-0.3, -0.25) is 9.59 Å². The first-order valence-corrected chi connectivity index (χ1v) is 7.30. The Balaban J connectivity index is 2.12. The van der Waals surface area contributed by atoms with E-state index in [-0.39, 0.29) is 35.1 Å². The maximum atomic E-state index is 12.0. The highest BCUT2D eigenvalue weighted by atomic mass is 16.6. The van der Waals surface area contributed by atoms with Gasteiger partial charge in [0.1, 0.15) is 6.10 Å². The van der Waals surface area contributed by atoms with E-state index in [0.29, 0.717) is 12.3 Å². The maximum Gasteiger partial charge on any atom is 0.309 e. The molecule has 3 rings (SSSR count). The number of fused-ring (bicyclic) bond motifs is 3. The number of ether oxygens (including phenoxy) is 1. The minimum absolute atomic E-state index is 0.0399. The predicted molar refractivity (Wildman–Crippen MR) is 71.4 cm³/mol. The van der Waals surface area contributed by atoms with E-state index in [2.05, 4.69) is 13.8 Å². The minimum atomic E-state index is -0.152. The molecule has 0 radical (unpaired) electrons. The quantitative estimate of drug-likeness (QED) is 0.630. The SMILES string of the molecule is CC1=C2C3OC(=O)[C@@H](C)C3[C@H](C)C[C@@]2(C)CCC1=O. The monoisotopic (exact) mass is 262 g/mol. The highest BCUT2D eigenvalue weighted by Gasteiger charge is 2.56. The van der Waals surface area contributed by atoms with Crippen LogP contribution in [0.2, 0.25) is 0 Å². The summed E-state index contributed by atoms with van der Waals surface area (Å²) in [6.07, 6.45) is 2.45. The van der Waals surface area contributed by atoms with Gasteiger partial charge in [0.15, 0.2) is 5.78 Å². The van der Waals surface area contributed by atoms with E-state index in [9.17, 15) is 9.59 Å². The topological polar surface area (TPSA) is 43.4 Å². The Morgan fingerprint density at radius 3 is 2.63 bits per heavy atom. The van der Waals surface area contributed by atoms with Crippen LogP contribution in [0.5, 0.6) is 0 Å². The third-order valence-corrected chi connectivity index (χ3v) is 5.63. The van der Waals surface area contributed by atoms with Gasteiger partial charge in [0.25, 0.3) is 0 Å². The summed E-state index contributed by atoms with van der Waals surface area (Å²) in [5.74, 6) is 0.820. The van der Waals surface area contributed by atoms with Gasteiger partial charge in [0.05, 0.1) is 5.92 Å². The lowest BCUT2D eigenvalue weighted by molar-refractivity contribution is -0.143. The molecule has 0 aromatic rings. The van der Waals surface area contributed by atoms with Crippen molar-refractivity contribution in [3.8, 4) is 0 Å². The summed E-state index contributed by atoms with van der Waals surface area (Å²) >= 11 is 0. The van der Waals surface area contributed by atoms with Gasteiger partial charge >= 0.3 is 5.97 Å². The fourth-order valence-electron chi connectivity index (χ4n) is 4.70. The Bertz CT molecular complexity index is 490. The lowest BCUT2D eigenvalue weighted by Gasteiger charge is -2.48. The van der Waals surface area contributed by atoms with Gasteiger partial charge in [-0.15, -0.1) is 0 Å². The molecule has 1 heterocycles. The van der Waals surface area contributed by atoms with Crippen LogP contribution in [0.3, 0.4) is 0 Å². The second-order valence-corrected chi connectivity index (χ2v) is 6.93. The van der Waals surface area contributed by atoms with Crippen LogP contribution in [-0.2, 0) is 14.3 Å². The van der Waals surface area contributed by atoms with Crippen LogP contribution in [-0.4, -0.2) is 17.9 Å². The third-order valence-electron chi connectivity index (χ3n) is 5.63. The molecule has 0 spiro atoms. The number of carbonyl (C=O) groups excluding carboxylic acids is 2. The number of ketones is 1. The summed E-state index contributed by atoms with van der Waals surface area (Å²) in [6.45, 7) is 8.34. The van der Waals surface area contributed by atoms with Crippen molar-refractivity contribution in [1.29, 1.82) is 0 Å². The molecule has 1 aliphatic heterocycles. The van der Waals surface area contributed by atoms with Crippen LogP contribution in [0.4, 0.5) is 0 Å². The molecule has 0 aromatic carbocycles. The van der Waals surface area contributed by atoms with E-state index in [1.165, 1.54) is 0 Å². The zero-order valence-corrected chi connectivity index (χ0v) is 12.2. The highest BCUT2D eigenvalue weighted by molar-refractivity contribution is 5.97. The Labute approximate surface area is 114 Å². The van der Waals surface area contributed by atoms with Gasteiger partial charge in [-0.25, -0.2) is 0 Å². The molecule has 19 heavy (non-hydrogen) atoms. The number of esters is 1. The van der Waals surface area contributed by atoms with Crippen molar-refractivity contribution in [1.82, 2.24) is 0 Å². The Kier molecular flexibility index (Phi) is 2.67. The smallest absolute Gasteiger partial charge is 0.309 e. The van der Waals surface area contributed by atoms with Crippen LogP contribution in [0.15, 0.2) is 11.1 Å². The largest absolute Gasteiger partial charge is 0.457 e. The van der Waals surface area contributed by atoms with Gasteiger partial charge < -0.3 is 4.74 Å². The second kappa shape index (κ2) is 3.94. The van der Waals surface area contributed by atoms with Crippen molar-refractivity contribution in [2.45, 2.75) is 53.1 Å². The number of rotatable bonds is 0. The van der Waals surface area contributed by atoms with E-state index in [0.717, 1.165) is 24.0 Å². The summed E-state index contributed by atoms with van der Waals surface area (Å²) < 4.78 is 5.65. The van der Waals surface area contributed by atoms with Crippen molar-refractivity contribution in [3.05, 3.63) is 11.1 Å². The molecule has 1 saturated carbocycles. The molecule has 1 saturated heterocycles. The number of hydrogen-bond acceptors (Lipinski definition) is 3. The van der Waals surface area contributed by atoms with Crippen molar-refractivity contribution in [2.24, 2.45) is 23.2 Å². The van der Waals surface area contributed by atoms with Crippen molar-refractivity contribution in [3.63, 3.8) is 0 Å². The third kappa shape index (κ3) is 1.63. The van der Waals surface area contributed by atoms with E-state index < -0.39 is 0 Å². The molecule has 0 aromatic heterocycles. The maximum absolute atomic E-state index is 12.0. The van der Waals surface area contributed by atoms with Crippen LogP contribution in [0, 0.1) is 23.2 Å². The van der Waals surface area contributed by atoms with E-state index in [1.54, 1.807) is 0 Å². The first-order chi connectivity index (χ1) is 8.85. The van der Waals surface area contributed by atoms with Gasteiger partial charge in [0, 0.05) is 12.3 Å². The summed E-state index contributed by atoms with van der Waals surface area (Å²) in [4.78, 5) is 23.9. The van der Waals surface area contributed by atoms with E-state index >= 15 is 0 Å². The zero-order chi connectivity index (χ0) is 13.9. The Morgan fingerprint density at radius 2 is 1.95 bits per heavy atom. The first kappa shape index (κ1) is 12.9. The fourth-order valence-corrected chi connectivity index (χ4v) is 4.70.